The van der Waals surface area contributed by atoms with Gasteiger partial charge in [-0.3, -0.25) is 14.4 Å². The third-order valence-corrected chi connectivity index (χ3v) is 3.86. The molecule has 0 aromatic heterocycles. The lowest BCUT2D eigenvalue weighted by Gasteiger charge is -2.11. The Hall–Kier alpha value is -1.45. The third kappa shape index (κ3) is 5.82. The van der Waals surface area contributed by atoms with Crippen molar-refractivity contribution in [3.8, 4) is 0 Å². The number of hydrogen-bond acceptors (Lipinski definition) is 3. The van der Waals surface area contributed by atoms with Crippen molar-refractivity contribution in [3.63, 3.8) is 0 Å². The van der Waals surface area contributed by atoms with Gasteiger partial charge in [-0.2, -0.15) is 0 Å². The molecule has 0 aromatic carbocycles. The molecule has 0 aromatic rings. The summed E-state index contributed by atoms with van der Waals surface area (Å²) < 4.78 is 0. The maximum Gasteiger partial charge on any atom is 0.263 e. The van der Waals surface area contributed by atoms with Crippen LogP contribution in [0.2, 0.25) is 0 Å². The van der Waals surface area contributed by atoms with Crippen LogP contribution in [-0.4, -0.2) is 22.6 Å². The minimum atomic E-state index is -0.513. The molecule has 0 spiro atoms. The predicted molar refractivity (Wildman–Crippen MR) is 82.5 cm³/mol. The Bertz CT molecular complexity index is 401. The lowest BCUT2D eigenvalue weighted by atomic mass is 10.1. The van der Waals surface area contributed by atoms with Gasteiger partial charge in [0.15, 0.2) is 0 Å². The van der Waals surface area contributed by atoms with Gasteiger partial charge in [-0.15, -0.1) is 0 Å². The summed E-state index contributed by atoms with van der Waals surface area (Å²) in [6, 6.07) is 0. The van der Waals surface area contributed by atoms with Crippen molar-refractivity contribution in [2.45, 2.75) is 77.6 Å². The summed E-state index contributed by atoms with van der Waals surface area (Å²) in [5, 5.41) is 0. The van der Waals surface area contributed by atoms with Crippen molar-refractivity contribution in [1.29, 1.82) is 0 Å². The number of nitrogens with zero attached hydrogens (tertiary/aromatic N) is 1. The monoisotopic (exact) mass is 293 g/mol. The summed E-state index contributed by atoms with van der Waals surface area (Å²) in [5.74, 6) is -1.31. The number of rotatable bonds is 10. The standard InChI is InChI=1S/C17H27NO3/c1-3-4-5-6-7-8-9-10-11-12-15(19)18-16(20)13-14(2)17(18)21/h2-13H2,1H3. The van der Waals surface area contributed by atoms with E-state index in [2.05, 4.69) is 13.5 Å². The quantitative estimate of drug-likeness (QED) is 0.350. The third-order valence-electron chi connectivity index (χ3n) is 3.86. The Morgan fingerprint density at radius 1 is 1.00 bits per heavy atom. The normalized spacial score (nSPS) is 15.1. The van der Waals surface area contributed by atoms with Crippen molar-refractivity contribution in [1.82, 2.24) is 4.90 Å². The second kappa shape index (κ2) is 9.48. The first-order valence-electron chi connectivity index (χ1n) is 8.15. The zero-order valence-corrected chi connectivity index (χ0v) is 13.2. The maximum absolute atomic E-state index is 11.9. The van der Waals surface area contributed by atoms with Gasteiger partial charge in [0, 0.05) is 12.0 Å². The molecule has 1 heterocycles. The second-order valence-corrected chi connectivity index (χ2v) is 5.79. The SMILES string of the molecule is C=C1CC(=O)N(C(=O)CCCCCCCCCCC)C1=O. The van der Waals surface area contributed by atoms with Gasteiger partial charge in [0.2, 0.25) is 11.8 Å². The molecule has 0 atom stereocenters. The molecule has 1 saturated heterocycles. The number of carbonyl (C=O) groups excluding carboxylic acids is 3. The Labute approximate surface area is 127 Å². The summed E-state index contributed by atoms with van der Waals surface area (Å²) >= 11 is 0. The van der Waals surface area contributed by atoms with E-state index in [0.29, 0.717) is 0 Å². The van der Waals surface area contributed by atoms with E-state index in [1.54, 1.807) is 0 Å². The molecule has 0 unspecified atom stereocenters. The summed E-state index contributed by atoms with van der Waals surface area (Å²) in [6.45, 7) is 5.72. The van der Waals surface area contributed by atoms with E-state index in [9.17, 15) is 14.4 Å². The first-order valence-corrected chi connectivity index (χ1v) is 8.15. The highest BCUT2D eigenvalue weighted by molar-refractivity contribution is 6.22. The van der Waals surface area contributed by atoms with Gasteiger partial charge in [0.25, 0.3) is 5.91 Å². The minimum Gasteiger partial charge on any atom is -0.274 e. The van der Waals surface area contributed by atoms with Gasteiger partial charge in [0.05, 0.1) is 6.42 Å². The van der Waals surface area contributed by atoms with E-state index in [-0.39, 0.29) is 24.3 Å². The molecular weight excluding hydrogens is 266 g/mol. The Morgan fingerprint density at radius 3 is 2.00 bits per heavy atom. The van der Waals surface area contributed by atoms with Gasteiger partial charge in [-0.25, -0.2) is 4.90 Å². The number of unbranched alkanes of at least 4 members (excludes halogenated alkanes) is 8. The number of hydrogen-bond donors (Lipinski definition) is 0. The zero-order valence-electron chi connectivity index (χ0n) is 13.2. The molecule has 1 fully saturated rings. The maximum atomic E-state index is 11.9. The Balaban J connectivity index is 2.08. The number of carbonyl (C=O) groups is 3. The van der Waals surface area contributed by atoms with Crippen LogP contribution in [0, 0.1) is 0 Å². The molecule has 21 heavy (non-hydrogen) atoms. The van der Waals surface area contributed by atoms with Gasteiger partial charge in [-0.1, -0.05) is 64.9 Å². The molecule has 1 rings (SSSR count). The van der Waals surface area contributed by atoms with Crippen LogP contribution in [0.5, 0.6) is 0 Å². The van der Waals surface area contributed by atoms with Gasteiger partial charge >= 0.3 is 0 Å². The molecule has 0 radical (unpaired) electrons. The molecular formula is C17H27NO3. The fourth-order valence-electron chi connectivity index (χ4n) is 2.56. The number of amides is 3. The predicted octanol–water partition coefficient (Wildman–Crippen LogP) is 3.75. The van der Waals surface area contributed by atoms with Gasteiger partial charge in [0.1, 0.15) is 0 Å². The molecule has 3 amide bonds. The van der Waals surface area contributed by atoms with Crippen LogP contribution in [0.15, 0.2) is 12.2 Å². The summed E-state index contributed by atoms with van der Waals surface area (Å²) in [6.07, 6.45) is 10.8. The van der Waals surface area contributed by atoms with Crippen molar-refractivity contribution in [2.24, 2.45) is 0 Å². The largest absolute Gasteiger partial charge is 0.274 e. The van der Waals surface area contributed by atoms with Gasteiger partial charge < -0.3 is 0 Å². The molecule has 0 bridgehead atoms. The molecule has 1 aliphatic heterocycles. The average Bonchev–Trinajstić information content (AvgIpc) is 2.70. The first-order chi connectivity index (χ1) is 10.1. The molecule has 4 nitrogen and oxygen atoms in total. The van der Waals surface area contributed by atoms with Crippen molar-refractivity contribution >= 4 is 17.7 Å². The molecule has 0 aliphatic carbocycles. The molecule has 4 heteroatoms. The summed E-state index contributed by atoms with van der Waals surface area (Å²) in [4.78, 5) is 35.8. The molecule has 0 saturated carbocycles. The first kappa shape index (κ1) is 17.6. The van der Waals surface area contributed by atoms with Crippen LogP contribution in [0.25, 0.3) is 0 Å². The zero-order chi connectivity index (χ0) is 15.7. The van der Waals surface area contributed by atoms with Crippen LogP contribution in [-0.2, 0) is 14.4 Å². The highest BCUT2D eigenvalue weighted by atomic mass is 16.2. The van der Waals surface area contributed by atoms with Crippen molar-refractivity contribution in [2.75, 3.05) is 0 Å². The van der Waals surface area contributed by atoms with E-state index in [0.717, 1.165) is 24.2 Å². The topological polar surface area (TPSA) is 54.5 Å². The molecule has 1 aliphatic rings. The summed E-state index contributed by atoms with van der Waals surface area (Å²) in [5.41, 5.74) is 0.223. The van der Waals surface area contributed by atoms with Crippen molar-refractivity contribution in [3.05, 3.63) is 12.2 Å². The molecule has 0 N–H and O–H groups in total. The van der Waals surface area contributed by atoms with Crippen LogP contribution in [0.3, 0.4) is 0 Å². The highest BCUT2D eigenvalue weighted by Crippen LogP contribution is 2.19. The lowest BCUT2D eigenvalue weighted by molar-refractivity contribution is -0.148. The fourth-order valence-corrected chi connectivity index (χ4v) is 2.56. The minimum absolute atomic E-state index is 0.0116. The van der Waals surface area contributed by atoms with Gasteiger partial charge in [-0.05, 0) is 6.42 Å². The van der Waals surface area contributed by atoms with E-state index in [4.69, 9.17) is 0 Å². The molecule has 118 valence electrons. The fraction of sp³-hybridized carbons (Fsp3) is 0.706. The van der Waals surface area contributed by atoms with Crippen molar-refractivity contribution < 1.29 is 14.4 Å². The average molecular weight is 293 g/mol. The van der Waals surface area contributed by atoms with Crippen LogP contribution < -0.4 is 0 Å². The Kier molecular flexibility index (Phi) is 7.95. The van der Waals surface area contributed by atoms with E-state index in [1.165, 1.54) is 38.5 Å². The number of likely N-dealkylation sites (tertiary alicyclic amines) is 1. The smallest absolute Gasteiger partial charge is 0.263 e. The summed E-state index contributed by atoms with van der Waals surface area (Å²) in [7, 11) is 0. The number of imide groups is 3. The van der Waals surface area contributed by atoms with Crippen LogP contribution in [0.1, 0.15) is 77.6 Å². The second-order valence-electron chi connectivity index (χ2n) is 5.79. The highest BCUT2D eigenvalue weighted by Gasteiger charge is 2.36. The Morgan fingerprint density at radius 2 is 1.52 bits per heavy atom. The lowest BCUT2D eigenvalue weighted by Crippen LogP contribution is -2.35. The van der Waals surface area contributed by atoms with Crippen LogP contribution in [0.4, 0.5) is 0 Å². The van der Waals surface area contributed by atoms with E-state index < -0.39 is 11.8 Å². The van der Waals surface area contributed by atoms with Crippen LogP contribution >= 0.6 is 0 Å². The van der Waals surface area contributed by atoms with E-state index in [1.807, 2.05) is 0 Å². The van der Waals surface area contributed by atoms with E-state index >= 15 is 0 Å².